The number of piperazine rings is 1. The van der Waals surface area contributed by atoms with Crippen molar-refractivity contribution < 1.29 is 9.72 Å². The maximum absolute atomic E-state index is 13.0. The van der Waals surface area contributed by atoms with Gasteiger partial charge in [0.25, 0.3) is 11.6 Å². The van der Waals surface area contributed by atoms with Crippen LogP contribution in [0, 0.1) is 17.0 Å². The molecule has 4 rings (SSSR count). The average molecular weight is 407 g/mol. The number of benzene rings is 1. The molecule has 0 saturated carbocycles. The molecule has 10 nitrogen and oxygen atoms in total. The van der Waals surface area contributed by atoms with Crippen LogP contribution in [-0.4, -0.2) is 66.8 Å². The average Bonchev–Trinajstić information content (AvgIpc) is 3.16. The second-order valence-corrected chi connectivity index (χ2v) is 7.10. The number of hydrogen-bond donors (Lipinski definition) is 0. The van der Waals surface area contributed by atoms with E-state index in [0.717, 1.165) is 25.3 Å². The van der Waals surface area contributed by atoms with E-state index in [1.54, 1.807) is 30.2 Å². The summed E-state index contributed by atoms with van der Waals surface area (Å²) >= 11 is 0. The van der Waals surface area contributed by atoms with E-state index in [1.807, 2.05) is 18.2 Å². The number of nitro benzene ring substituents is 1. The van der Waals surface area contributed by atoms with Gasteiger partial charge in [0.15, 0.2) is 5.69 Å². The number of rotatable bonds is 5. The molecule has 0 spiro atoms. The number of hydrogen-bond acceptors (Lipinski definition) is 7. The van der Waals surface area contributed by atoms with Crippen LogP contribution >= 0.6 is 0 Å². The van der Waals surface area contributed by atoms with Gasteiger partial charge >= 0.3 is 0 Å². The van der Waals surface area contributed by atoms with Gasteiger partial charge in [-0.05, 0) is 25.1 Å². The minimum atomic E-state index is -0.466. The fourth-order valence-corrected chi connectivity index (χ4v) is 3.49. The summed E-state index contributed by atoms with van der Waals surface area (Å²) in [7, 11) is 0. The molecular formula is C20H21N7O3. The molecule has 1 saturated heterocycles. The van der Waals surface area contributed by atoms with E-state index in [2.05, 4.69) is 20.2 Å². The van der Waals surface area contributed by atoms with Crippen molar-refractivity contribution in [1.29, 1.82) is 0 Å². The Labute approximate surface area is 172 Å². The minimum absolute atomic E-state index is 0.0423. The molecule has 0 N–H and O–H groups in total. The van der Waals surface area contributed by atoms with Crippen molar-refractivity contribution >= 4 is 11.6 Å². The van der Waals surface area contributed by atoms with Crippen LogP contribution in [0.3, 0.4) is 0 Å². The standard InChI is InChI=1S/C20H21N7O3/c1-15-19(22-23-26(15)17-6-4-7-18(13-17)27(29)30)20(28)25-11-9-24(10-12-25)14-16-5-2-3-8-21-16/h2-8,13H,9-12,14H2,1H3. The molecule has 1 aliphatic rings. The summed E-state index contributed by atoms with van der Waals surface area (Å²) in [6.07, 6.45) is 1.78. The highest BCUT2D eigenvalue weighted by Gasteiger charge is 2.26. The molecule has 1 amide bonds. The lowest BCUT2D eigenvalue weighted by atomic mass is 10.2. The molecule has 0 aliphatic carbocycles. The van der Waals surface area contributed by atoms with Crippen LogP contribution in [0.5, 0.6) is 0 Å². The van der Waals surface area contributed by atoms with Gasteiger partial charge in [0.1, 0.15) is 0 Å². The topological polar surface area (TPSA) is 110 Å². The molecule has 0 unspecified atom stereocenters. The van der Waals surface area contributed by atoms with Crippen molar-refractivity contribution in [3.63, 3.8) is 0 Å². The zero-order valence-electron chi connectivity index (χ0n) is 16.5. The first-order valence-electron chi connectivity index (χ1n) is 9.61. The van der Waals surface area contributed by atoms with Crippen LogP contribution < -0.4 is 0 Å². The summed E-state index contributed by atoms with van der Waals surface area (Å²) in [5.41, 5.74) is 2.27. The molecule has 1 aliphatic heterocycles. The van der Waals surface area contributed by atoms with E-state index in [1.165, 1.54) is 16.8 Å². The van der Waals surface area contributed by atoms with Crippen LogP contribution in [0.15, 0.2) is 48.7 Å². The number of aromatic nitrogens is 4. The Balaban J connectivity index is 1.44. The third-order valence-electron chi connectivity index (χ3n) is 5.15. The van der Waals surface area contributed by atoms with Crippen molar-refractivity contribution in [2.45, 2.75) is 13.5 Å². The molecule has 0 atom stereocenters. The smallest absolute Gasteiger partial charge is 0.276 e. The van der Waals surface area contributed by atoms with E-state index in [4.69, 9.17) is 0 Å². The molecule has 3 aromatic rings. The molecule has 1 aromatic carbocycles. The van der Waals surface area contributed by atoms with Gasteiger partial charge in [-0.1, -0.05) is 17.3 Å². The Morgan fingerprint density at radius 1 is 1.13 bits per heavy atom. The summed E-state index contributed by atoms with van der Waals surface area (Å²) in [6.45, 7) is 5.18. The van der Waals surface area contributed by atoms with Crippen LogP contribution in [0.4, 0.5) is 5.69 Å². The van der Waals surface area contributed by atoms with Crippen molar-refractivity contribution in [3.05, 3.63) is 75.9 Å². The van der Waals surface area contributed by atoms with Gasteiger partial charge in [-0.2, -0.15) is 0 Å². The number of non-ortho nitro benzene ring substituents is 1. The molecule has 0 radical (unpaired) electrons. The number of amides is 1. The highest BCUT2D eigenvalue weighted by atomic mass is 16.6. The lowest BCUT2D eigenvalue weighted by Crippen LogP contribution is -2.48. The second kappa shape index (κ2) is 8.37. The maximum Gasteiger partial charge on any atom is 0.276 e. The molecule has 0 bridgehead atoms. The Morgan fingerprint density at radius 3 is 2.63 bits per heavy atom. The Kier molecular flexibility index (Phi) is 5.48. The lowest BCUT2D eigenvalue weighted by molar-refractivity contribution is -0.384. The maximum atomic E-state index is 13.0. The normalized spacial score (nSPS) is 14.6. The minimum Gasteiger partial charge on any atom is -0.335 e. The Morgan fingerprint density at radius 2 is 1.93 bits per heavy atom. The first kappa shape index (κ1) is 19.6. The first-order valence-corrected chi connectivity index (χ1v) is 9.61. The van der Waals surface area contributed by atoms with Crippen molar-refractivity contribution in [1.82, 2.24) is 29.8 Å². The Hall–Kier alpha value is -3.66. The lowest BCUT2D eigenvalue weighted by Gasteiger charge is -2.34. The van der Waals surface area contributed by atoms with Gasteiger partial charge in [-0.25, -0.2) is 4.68 Å². The van der Waals surface area contributed by atoms with Crippen LogP contribution in [0.2, 0.25) is 0 Å². The van der Waals surface area contributed by atoms with Crippen molar-refractivity contribution in [3.8, 4) is 5.69 Å². The fraction of sp³-hybridized carbons (Fsp3) is 0.300. The van der Waals surface area contributed by atoms with E-state index < -0.39 is 4.92 Å². The summed E-state index contributed by atoms with van der Waals surface area (Å²) in [5.74, 6) is -0.179. The van der Waals surface area contributed by atoms with E-state index in [9.17, 15) is 14.9 Å². The number of carbonyl (C=O) groups is 1. The first-order chi connectivity index (χ1) is 14.5. The Bertz CT molecular complexity index is 1060. The number of pyridine rings is 1. The number of nitro groups is 1. The predicted octanol–water partition coefficient (Wildman–Crippen LogP) is 1.84. The molecule has 10 heteroatoms. The number of carbonyl (C=O) groups excluding carboxylic acids is 1. The van der Waals surface area contributed by atoms with Gasteiger partial charge in [0.2, 0.25) is 0 Å². The van der Waals surface area contributed by atoms with E-state index in [-0.39, 0.29) is 17.3 Å². The predicted molar refractivity (Wildman–Crippen MR) is 108 cm³/mol. The SMILES string of the molecule is Cc1c(C(=O)N2CCN(Cc3ccccn3)CC2)nnn1-c1cccc([N+](=O)[O-])c1. The second-order valence-electron chi connectivity index (χ2n) is 7.10. The van der Waals surface area contributed by atoms with Gasteiger partial charge in [0, 0.05) is 51.1 Å². The quantitative estimate of drug-likeness (QED) is 0.469. The van der Waals surface area contributed by atoms with Crippen LogP contribution in [0.1, 0.15) is 21.9 Å². The highest BCUT2D eigenvalue weighted by Crippen LogP contribution is 2.19. The third kappa shape index (κ3) is 4.03. The third-order valence-corrected chi connectivity index (χ3v) is 5.15. The van der Waals surface area contributed by atoms with Gasteiger partial charge in [-0.15, -0.1) is 5.10 Å². The van der Waals surface area contributed by atoms with Gasteiger partial charge in [-0.3, -0.25) is 24.8 Å². The summed E-state index contributed by atoms with van der Waals surface area (Å²) in [4.78, 5) is 31.9. The highest BCUT2D eigenvalue weighted by molar-refractivity contribution is 5.93. The van der Waals surface area contributed by atoms with Crippen molar-refractivity contribution in [2.24, 2.45) is 0 Å². The van der Waals surface area contributed by atoms with Gasteiger partial charge in [0.05, 0.1) is 22.0 Å². The molecule has 2 aromatic heterocycles. The molecule has 3 heterocycles. The summed E-state index contributed by atoms with van der Waals surface area (Å²) in [6, 6.07) is 11.9. The summed E-state index contributed by atoms with van der Waals surface area (Å²) < 4.78 is 1.46. The molecule has 154 valence electrons. The molecular weight excluding hydrogens is 386 g/mol. The fourth-order valence-electron chi connectivity index (χ4n) is 3.49. The van der Waals surface area contributed by atoms with E-state index in [0.29, 0.717) is 24.5 Å². The largest absolute Gasteiger partial charge is 0.335 e. The molecule has 30 heavy (non-hydrogen) atoms. The van der Waals surface area contributed by atoms with E-state index >= 15 is 0 Å². The molecule has 1 fully saturated rings. The van der Waals surface area contributed by atoms with Crippen LogP contribution in [0.25, 0.3) is 5.69 Å². The zero-order valence-corrected chi connectivity index (χ0v) is 16.5. The summed E-state index contributed by atoms with van der Waals surface area (Å²) in [5, 5.41) is 19.1. The van der Waals surface area contributed by atoms with Gasteiger partial charge < -0.3 is 4.90 Å². The monoisotopic (exact) mass is 407 g/mol. The van der Waals surface area contributed by atoms with Crippen LogP contribution in [-0.2, 0) is 6.54 Å². The van der Waals surface area contributed by atoms with Crippen molar-refractivity contribution in [2.75, 3.05) is 26.2 Å². The zero-order chi connectivity index (χ0) is 21.1. The number of nitrogens with zero attached hydrogens (tertiary/aromatic N) is 7.